The Hall–Kier alpha value is -1.74. The quantitative estimate of drug-likeness (QED) is 0.730. The summed E-state index contributed by atoms with van der Waals surface area (Å²) >= 11 is 0. The van der Waals surface area contributed by atoms with Crippen molar-refractivity contribution in [3.8, 4) is 0 Å². The van der Waals surface area contributed by atoms with Crippen LogP contribution in [0, 0.1) is 22.7 Å². The van der Waals surface area contributed by atoms with Gasteiger partial charge in [-0.15, -0.1) is 0 Å². The van der Waals surface area contributed by atoms with Crippen molar-refractivity contribution in [2.45, 2.75) is 46.0 Å². The molecule has 9 heteroatoms. The van der Waals surface area contributed by atoms with Crippen LogP contribution < -0.4 is 5.32 Å². The zero-order chi connectivity index (χ0) is 21.7. The molecule has 0 spiro atoms. The van der Waals surface area contributed by atoms with Crippen LogP contribution in [0.4, 0.5) is 0 Å². The zero-order valence-corrected chi connectivity index (χ0v) is 18.9. The van der Waals surface area contributed by atoms with Gasteiger partial charge in [-0.25, -0.2) is 12.7 Å². The Bertz CT molecular complexity index is 946. The van der Waals surface area contributed by atoms with Gasteiger partial charge in [0.1, 0.15) is 5.78 Å². The summed E-state index contributed by atoms with van der Waals surface area (Å²) < 4.78 is 29.6. The second-order valence-corrected chi connectivity index (χ2v) is 11.8. The van der Waals surface area contributed by atoms with E-state index in [9.17, 15) is 18.0 Å². The molecule has 2 bridgehead atoms. The highest BCUT2D eigenvalue weighted by Crippen LogP contribution is 2.64. The van der Waals surface area contributed by atoms with E-state index in [4.69, 9.17) is 0 Å². The number of Topliss-reactive ketones (excluding diaryl/α,β-unsaturated/α-hetero) is 1. The number of rotatable bonds is 6. The Labute approximate surface area is 178 Å². The number of aromatic nitrogens is 2. The van der Waals surface area contributed by atoms with Crippen molar-refractivity contribution >= 4 is 21.7 Å². The summed E-state index contributed by atoms with van der Waals surface area (Å²) in [6, 6.07) is 0. The van der Waals surface area contributed by atoms with Crippen molar-refractivity contribution < 1.29 is 18.0 Å². The molecule has 3 fully saturated rings. The van der Waals surface area contributed by atoms with Gasteiger partial charge in [0, 0.05) is 44.7 Å². The Kier molecular flexibility index (Phi) is 5.33. The van der Waals surface area contributed by atoms with Gasteiger partial charge in [-0.1, -0.05) is 13.8 Å². The first-order valence-electron chi connectivity index (χ1n) is 10.8. The largest absolute Gasteiger partial charge is 0.352 e. The molecule has 2 saturated carbocycles. The zero-order valence-electron chi connectivity index (χ0n) is 18.1. The fraction of sp³-hybridized carbons (Fsp3) is 0.762. The number of nitrogens with one attached hydrogen (secondary N) is 1. The van der Waals surface area contributed by atoms with Crippen molar-refractivity contribution in [3.63, 3.8) is 0 Å². The van der Waals surface area contributed by atoms with Gasteiger partial charge in [-0.05, 0) is 42.9 Å². The van der Waals surface area contributed by atoms with E-state index in [0.717, 1.165) is 6.42 Å². The van der Waals surface area contributed by atoms with E-state index in [1.807, 2.05) is 0 Å². The lowest BCUT2D eigenvalue weighted by atomic mass is 9.70. The first-order valence-corrected chi connectivity index (χ1v) is 12.4. The molecular formula is C21H32N4O4S. The van der Waals surface area contributed by atoms with Crippen LogP contribution >= 0.6 is 0 Å². The summed E-state index contributed by atoms with van der Waals surface area (Å²) in [5, 5.41) is 6.93. The lowest BCUT2D eigenvalue weighted by Crippen LogP contribution is -2.49. The number of fused-ring (bicyclic) bond motifs is 2. The van der Waals surface area contributed by atoms with Gasteiger partial charge in [0.2, 0.25) is 10.0 Å². The molecule has 2 unspecified atom stereocenters. The number of piperidine rings is 1. The Morgan fingerprint density at radius 2 is 1.97 bits per heavy atom. The molecule has 1 aromatic heterocycles. The van der Waals surface area contributed by atoms with Crippen LogP contribution in [0.2, 0.25) is 0 Å². The molecule has 0 aromatic carbocycles. The third-order valence-corrected chi connectivity index (χ3v) is 10.1. The Morgan fingerprint density at radius 1 is 1.27 bits per heavy atom. The molecular weight excluding hydrogens is 404 g/mol. The molecule has 0 radical (unpaired) electrons. The van der Waals surface area contributed by atoms with Crippen LogP contribution in [0.25, 0.3) is 0 Å². The summed E-state index contributed by atoms with van der Waals surface area (Å²) in [6.07, 6.45) is 6.79. The summed E-state index contributed by atoms with van der Waals surface area (Å²) in [5.41, 5.74) is -0.438. The topological polar surface area (TPSA) is 101 Å². The monoisotopic (exact) mass is 436 g/mol. The third-order valence-electron chi connectivity index (χ3n) is 8.05. The maximum absolute atomic E-state index is 13.2. The predicted octanol–water partition coefficient (Wildman–Crippen LogP) is 1.59. The predicted molar refractivity (Wildman–Crippen MR) is 112 cm³/mol. The number of amides is 1. The second-order valence-electron chi connectivity index (χ2n) is 9.88. The van der Waals surface area contributed by atoms with Gasteiger partial charge in [-0.3, -0.25) is 14.3 Å². The fourth-order valence-corrected chi connectivity index (χ4v) is 8.03. The smallest absolute Gasteiger partial charge is 0.254 e. The van der Waals surface area contributed by atoms with Gasteiger partial charge < -0.3 is 5.32 Å². The summed E-state index contributed by atoms with van der Waals surface area (Å²) in [4.78, 5) is 24.9. The SMILES string of the molecule is Cn1cc(C(=O)NCC2CCN(S(=O)(=O)CC34CCC(CC3=O)C4(C)C)CC2)cn1. The number of hydrogen-bond donors (Lipinski definition) is 1. The molecule has 166 valence electrons. The number of carbonyl (C=O) groups is 2. The van der Waals surface area contributed by atoms with Gasteiger partial charge >= 0.3 is 0 Å². The molecule has 4 rings (SSSR count). The number of ketones is 1. The maximum atomic E-state index is 13.2. The van der Waals surface area contributed by atoms with E-state index < -0.39 is 15.4 Å². The van der Waals surface area contributed by atoms with E-state index >= 15 is 0 Å². The normalized spacial score (nSPS) is 29.4. The fourth-order valence-electron chi connectivity index (χ4n) is 5.78. The summed E-state index contributed by atoms with van der Waals surface area (Å²) in [6.45, 7) is 5.57. The van der Waals surface area contributed by atoms with E-state index in [2.05, 4.69) is 24.3 Å². The van der Waals surface area contributed by atoms with Crippen LogP contribution in [-0.2, 0) is 21.9 Å². The van der Waals surface area contributed by atoms with Crippen molar-refractivity contribution in [1.29, 1.82) is 0 Å². The molecule has 1 aromatic rings. The highest BCUT2D eigenvalue weighted by atomic mass is 32.2. The minimum Gasteiger partial charge on any atom is -0.352 e. The average Bonchev–Trinajstić information content (AvgIpc) is 3.28. The average molecular weight is 437 g/mol. The number of nitrogens with zero attached hydrogens (tertiary/aromatic N) is 3. The van der Waals surface area contributed by atoms with Gasteiger partial charge in [0.25, 0.3) is 5.91 Å². The summed E-state index contributed by atoms with van der Waals surface area (Å²) in [5.74, 6) is 0.491. The van der Waals surface area contributed by atoms with Crippen LogP contribution in [0.15, 0.2) is 12.4 Å². The summed E-state index contributed by atoms with van der Waals surface area (Å²) in [7, 11) is -1.73. The molecule has 2 atom stereocenters. The van der Waals surface area contributed by atoms with Crippen LogP contribution in [0.3, 0.4) is 0 Å². The number of carbonyl (C=O) groups excluding carboxylic acids is 2. The lowest BCUT2D eigenvalue weighted by Gasteiger charge is -2.39. The van der Waals surface area contributed by atoms with Crippen LogP contribution in [0.1, 0.15) is 56.3 Å². The molecule has 3 aliphatic rings. The van der Waals surface area contributed by atoms with Crippen molar-refractivity contribution in [2.24, 2.45) is 29.7 Å². The van der Waals surface area contributed by atoms with E-state index in [1.165, 1.54) is 6.20 Å². The first kappa shape index (κ1) is 21.5. The molecule has 1 N–H and O–H groups in total. The molecule has 2 heterocycles. The standard InChI is InChI=1S/C21H32N4O4S/c1-20(2)17-4-7-21(20,18(26)10-17)14-30(28,29)25-8-5-15(6-9-25)11-22-19(27)16-12-23-24(3)13-16/h12-13,15,17H,4-11,14H2,1-3H3,(H,22,27). The van der Waals surface area contributed by atoms with E-state index in [0.29, 0.717) is 56.8 Å². The molecule has 30 heavy (non-hydrogen) atoms. The molecule has 1 saturated heterocycles. The molecule has 1 aliphatic heterocycles. The minimum absolute atomic E-state index is 0.0509. The number of hydrogen-bond acceptors (Lipinski definition) is 5. The number of sulfonamides is 1. The van der Waals surface area contributed by atoms with Crippen molar-refractivity contribution in [1.82, 2.24) is 19.4 Å². The molecule has 1 amide bonds. The third kappa shape index (κ3) is 3.49. The molecule has 2 aliphatic carbocycles. The lowest BCUT2D eigenvalue weighted by molar-refractivity contribution is -0.128. The van der Waals surface area contributed by atoms with E-state index in [-0.39, 0.29) is 28.8 Å². The Balaban J connectivity index is 1.32. The maximum Gasteiger partial charge on any atom is 0.254 e. The number of aryl methyl sites for hydroxylation is 1. The van der Waals surface area contributed by atoms with Gasteiger partial charge in [0.05, 0.1) is 17.5 Å². The Morgan fingerprint density at radius 3 is 2.50 bits per heavy atom. The second kappa shape index (κ2) is 7.44. The van der Waals surface area contributed by atoms with Crippen LogP contribution in [-0.4, -0.2) is 59.6 Å². The van der Waals surface area contributed by atoms with E-state index in [1.54, 1.807) is 22.2 Å². The first-order chi connectivity index (χ1) is 14.0. The highest BCUT2D eigenvalue weighted by Gasteiger charge is 2.65. The van der Waals surface area contributed by atoms with Gasteiger partial charge in [0.15, 0.2) is 0 Å². The highest BCUT2D eigenvalue weighted by molar-refractivity contribution is 7.89. The van der Waals surface area contributed by atoms with Gasteiger partial charge in [-0.2, -0.15) is 5.10 Å². The minimum atomic E-state index is -3.50. The van der Waals surface area contributed by atoms with Crippen LogP contribution in [0.5, 0.6) is 0 Å². The van der Waals surface area contributed by atoms with Crippen molar-refractivity contribution in [3.05, 3.63) is 18.0 Å². The molecule has 8 nitrogen and oxygen atoms in total. The van der Waals surface area contributed by atoms with Crippen molar-refractivity contribution in [2.75, 3.05) is 25.4 Å².